The molecule has 1 aliphatic rings. The lowest BCUT2D eigenvalue weighted by molar-refractivity contribution is -0.277. The van der Waals surface area contributed by atoms with Crippen molar-refractivity contribution >= 4 is 11.0 Å². The molecular weight excluding hydrogens is 464 g/mol. The summed E-state index contributed by atoms with van der Waals surface area (Å²) in [6.07, 6.45) is -7.72. The van der Waals surface area contributed by atoms with Crippen LogP contribution in [0.2, 0.25) is 0 Å². The van der Waals surface area contributed by atoms with Gasteiger partial charge in [0.2, 0.25) is 12.0 Å². The largest absolute Gasteiger partial charge is 0.497 e. The third-order valence-electron chi connectivity index (χ3n) is 5.78. The number of aliphatic hydroxyl groups excluding tert-OH is 4. The van der Waals surface area contributed by atoms with Crippen molar-refractivity contribution in [1.29, 1.82) is 0 Å². The topological polar surface area (TPSA) is 157 Å². The molecule has 1 saturated heterocycles. The van der Waals surface area contributed by atoms with Gasteiger partial charge in [0, 0.05) is 17.7 Å². The molecule has 0 bridgehead atoms. The summed E-state index contributed by atoms with van der Waals surface area (Å²) in [6, 6.07) is 9.65. The summed E-state index contributed by atoms with van der Waals surface area (Å²) in [7, 11) is 4.26. The summed E-state index contributed by atoms with van der Waals surface area (Å²) in [5, 5.41) is 40.0. The van der Waals surface area contributed by atoms with Crippen LogP contribution < -0.4 is 24.4 Å². The molecule has 35 heavy (non-hydrogen) atoms. The van der Waals surface area contributed by atoms with Crippen molar-refractivity contribution in [2.24, 2.45) is 0 Å². The third kappa shape index (κ3) is 4.51. The molecular formula is C24H26O11. The fourth-order valence-corrected chi connectivity index (χ4v) is 3.88. The molecule has 188 valence electrons. The van der Waals surface area contributed by atoms with Crippen LogP contribution in [0, 0.1) is 0 Å². The summed E-state index contributed by atoms with van der Waals surface area (Å²) in [5.74, 6) is 0.923. The maximum atomic E-state index is 13.3. The van der Waals surface area contributed by atoms with Crippen LogP contribution in [0.5, 0.6) is 23.0 Å². The molecule has 1 aliphatic heterocycles. The van der Waals surface area contributed by atoms with Crippen molar-refractivity contribution in [1.82, 2.24) is 0 Å². The summed E-state index contributed by atoms with van der Waals surface area (Å²) >= 11 is 0. The number of ether oxygens (including phenoxy) is 5. The minimum Gasteiger partial charge on any atom is -0.497 e. The van der Waals surface area contributed by atoms with E-state index in [4.69, 9.17) is 28.1 Å². The maximum Gasteiger partial charge on any atom is 0.229 e. The van der Waals surface area contributed by atoms with E-state index in [9.17, 15) is 25.2 Å². The second kappa shape index (κ2) is 10.1. The Kier molecular flexibility index (Phi) is 7.15. The van der Waals surface area contributed by atoms with Crippen molar-refractivity contribution < 1.29 is 48.5 Å². The predicted molar refractivity (Wildman–Crippen MR) is 122 cm³/mol. The minimum atomic E-state index is -1.70. The lowest BCUT2D eigenvalue weighted by atomic mass is 9.99. The van der Waals surface area contributed by atoms with E-state index in [1.54, 1.807) is 31.4 Å². The van der Waals surface area contributed by atoms with Gasteiger partial charge in [-0.05, 0) is 24.3 Å². The first-order valence-corrected chi connectivity index (χ1v) is 10.7. The van der Waals surface area contributed by atoms with Crippen LogP contribution in [0.1, 0.15) is 0 Å². The quantitative estimate of drug-likeness (QED) is 0.369. The smallest absolute Gasteiger partial charge is 0.229 e. The average Bonchev–Trinajstić information content (AvgIpc) is 2.88. The molecule has 2 unspecified atom stereocenters. The van der Waals surface area contributed by atoms with E-state index in [2.05, 4.69) is 0 Å². The summed E-state index contributed by atoms with van der Waals surface area (Å²) in [6.45, 7) is -0.645. The molecule has 0 amide bonds. The number of fused-ring (bicyclic) bond motifs is 1. The molecule has 1 fully saturated rings. The zero-order valence-electron chi connectivity index (χ0n) is 19.2. The highest BCUT2D eigenvalue weighted by Gasteiger charge is 2.45. The fraction of sp³-hybridized carbons (Fsp3) is 0.375. The van der Waals surface area contributed by atoms with Gasteiger partial charge >= 0.3 is 0 Å². The number of methoxy groups -OCH3 is 3. The van der Waals surface area contributed by atoms with E-state index in [0.717, 1.165) is 0 Å². The Bertz CT molecular complexity index is 1230. The molecule has 11 heteroatoms. The Labute approximate surface area is 199 Å². The molecule has 0 saturated carbocycles. The fourth-order valence-electron chi connectivity index (χ4n) is 3.88. The van der Waals surface area contributed by atoms with Crippen molar-refractivity contribution in [3.05, 3.63) is 46.6 Å². The number of rotatable bonds is 7. The van der Waals surface area contributed by atoms with Crippen LogP contribution in [0.15, 0.2) is 45.6 Å². The van der Waals surface area contributed by atoms with Gasteiger partial charge in [-0.1, -0.05) is 0 Å². The van der Waals surface area contributed by atoms with Crippen LogP contribution in [-0.2, 0) is 4.74 Å². The molecule has 4 N–H and O–H groups in total. The van der Waals surface area contributed by atoms with Crippen LogP contribution in [0.25, 0.3) is 22.3 Å². The summed E-state index contributed by atoms with van der Waals surface area (Å²) in [4.78, 5) is 13.3. The lowest BCUT2D eigenvalue weighted by Gasteiger charge is -2.39. The van der Waals surface area contributed by atoms with Gasteiger partial charge in [-0.15, -0.1) is 0 Å². The van der Waals surface area contributed by atoms with E-state index < -0.39 is 42.7 Å². The average molecular weight is 490 g/mol. The Morgan fingerprint density at radius 3 is 2.20 bits per heavy atom. The van der Waals surface area contributed by atoms with Crippen LogP contribution in [-0.4, -0.2) is 79.1 Å². The zero-order chi connectivity index (χ0) is 25.3. The highest BCUT2D eigenvalue weighted by molar-refractivity contribution is 5.90. The van der Waals surface area contributed by atoms with Gasteiger partial charge in [0.15, 0.2) is 16.9 Å². The van der Waals surface area contributed by atoms with Crippen molar-refractivity contribution in [3.63, 3.8) is 0 Å². The molecule has 5 atom stereocenters. The van der Waals surface area contributed by atoms with Gasteiger partial charge in [0.1, 0.15) is 46.9 Å². The third-order valence-corrected chi connectivity index (χ3v) is 5.78. The minimum absolute atomic E-state index is 0.0152. The van der Waals surface area contributed by atoms with Gasteiger partial charge in [0.25, 0.3) is 0 Å². The van der Waals surface area contributed by atoms with E-state index in [1.807, 2.05) is 0 Å². The lowest BCUT2D eigenvalue weighted by Crippen LogP contribution is -2.60. The number of benzene rings is 2. The van der Waals surface area contributed by atoms with Gasteiger partial charge in [-0.3, -0.25) is 4.79 Å². The van der Waals surface area contributed by atoms with Gasteiger partial charge in [-0.2, -0.15) is 0 Å². The monoisotopic (exact) mass is 490 g/mol. The standard InChI is InChI=1S/C24H26O11/c1-30-12-6-4-11(5-7-12)14-8-13(26)18-15(33-14)9-16(31-2)22(32-3)23(18)35-24-21(29)20(28)19(27)17(10-25)34-24/h4-9,17,19-21,24-25,27-29H,10H2,1-3H3/t17?,19-,20+,21?,24+/m1/s1. The molecule has 2 aromatic carbocycles. The highest BCUT2D eigenvalue weighted by Crippen LogP contribution is 2.44. The van der Waals surface area contributed by atoms with Crippen molar-refractivity contribution in [2.45, 2.75) is 30.7 Å². The van der Waals surface area contributed by atoms with Gasteiger partial charge in [-0.25, -0.2) is 0 Å². The second-order valence-corrected chi connectivity index (χ2v) is 7.83. The molecule has 0 aliphatic carbocycles. The normalized spacial score (nSPS) is 24.3. The number of hydrogen-bond donors (Lipinski definition) is 4. The summed E-state index contributed by atoms with van der Waals surface area (Å²) in [5.41, 5.74) is 0.231. The van der Waals surface area contributed by atoms with Gasteiger partial charge < -0.3 is 48.5 Å². The first kappa shape index (κ1) is 24.8. The highest BCUT2D eigenvalue weighted by atomic mass is 16.7. The Hall–Kier alpha value is -3.35. The first-order valence-electron chi connectivity index (χ1n) is 10.7. The van der Waals surface area contributed by atoms with Crippen molar-refractivity contribution in [2.75, 3.05) is 27.9 Å². The molecule has 3 aromatic rings. The van der Waals surface area contributed by atoms with Crippen LogP contribution >= 0.6 is 0 Å². The molecule has 2 heterocycles. The Morgan fingerprint density at radius 2 is 1.60 bits per heavy atom. The van der Waals surface area contributed by atoms with Crippen LogP contribution in [0.3, 0.4) is 0 Å². The number of aliphatic hydroxyl groups is 4. The Morgan fingerprint density at radius 1 is 0.886 bits per heavy atom. The first-order chi connectivity index (χ1) is 16.8. The molecule has 4 rings (SSSR count). The molecule has 11 nitrogen and oxygen atoms in total. The number of hydrogen-bond acceptors (Lipinski definition) is 11. The zero-order valence-corrected chi connectivity index (χ0v) is 19.2. The maximum absolute atomic E-state index is 13.3. The second-order valence-electron chi connectivity index (χ2n) is 7.83. The SMILES string of the molecule is COc1ccc(-c2cc(=O)c3c(O[C@@H]4OC(CO)[C@@H](O)[C@H](O)C4O)c(OC)c(OC)cc3o2)cc1. The van der Waals surface area contributed by atoms with E-state index in [0.29, 0.717) is 11.3 Å². The molecule has 1 aromatic heterocycles. The molecule has 0 spiro atoms. The summed E-state index contributed by atoms with van der Waals surface area (Å²) < 4.78 is 33.2. The van der Waals surface area contributed by atoms with E-state index in [-0.39, 0.29) is 34.0 Å². The van der Waals surface area contributed by atoms with Crippen molar-refractivity contribution in [3.8, 4) is 34.3 Å². The van der Waals surface area contributed by atoms with E-state index >= 15 is 0 Å². The van der Waals surface area contributed by atoms with E-state index in [1.165, 1.54) is 26.4 Å². The molecule has 0 radical (unpaired) electrons. The predicted octanol–water partition coefficient (Wildman–Crippen LogP) is 0.664. The van der Waals surface area contributed by atoms with Crippen LogP contribution in [0.4, 0.5) is 0 Å². The van der Waals surface area contributed by atoms with Gasteiger partial charge in [0.05, 0.1) is 27.9 Å². The Balaban J connectivity index is 1.84.